The first-order valence-corrected chi connectivity index (χ1v) is 9.36. The Morgan fingerprint density at radius 3 is 2.64 bits per heavy atom. The Hall–Kier alpha value is -1.37. The number of nitrogens with zero attached hydrogens (tertiary/aromatic N) is 2. The summed E-state index contributed by atoms with van der Waals surface area (Å²) >= 11 is 0. The van der Waals surface area contributed by atoms with Crippen LogP contribution in [0.25, 0.3) is 0 Å². The van der Waals surface area contributed by atoms with Crippen LogP contribution in [0.1, 0.15) is 51.3 Å². The molecule has 22 heavy (non-hydrogen) atoms. The SMILES string of the molecule is CC(C)c1nc(S(=O)(=O)NC(=O)C2CCC3CC3C2)cn1C. The molecule has 2 aliphatic rings. The molecule has 3 unspecified atom stereocenters. The number of hydrogen-bond donors (Lipinski definition) is 1. The van der Waals surface area contributed by atoms with Gasteiger partial charge in [0.1, 0.15) is 5.82 Å². The summed E-state index contributed by atoms with van der Waals surface area (Å²) in [6.07, 6.45) is 5.33. The van der Waals surface area contributed by atoms with Gasteiger partial charge in [-0.3, -0.25) is 4.79 Å². The average Bonchev–Trinajstić information content (AvgIpc) is 3.09. The summed E-state index contributed by atoms with van der Waals surface area (Å²) in [5.41, 5.74) is 0. The zero-order valence-electron chi connectivity index (χ0n) is 13.2. The smallest absolute Gasteiger partial charge is 0.283 e. The van der Waals surface area contributed by atoms with Crippen molar-refractivity contribution < 1.29 is 13.2 Å². The van der Waals surface area contributed by atoms with Crippen molar-refractivity contribution in [1.29, 1.82) is 0 Å². The van der Waals surface area contributed by atoms with E-state index in [1.807, 2.05) is 13.8 Å². The van der Waals surface area contributed by atoms with E-state index < -0.39 is 10.0 Å². The largest absolute Gasteiger partial charge is 0.336 e. The third-order valence-electron chi connectivity index (χ3n) is 4.83. The van der Waals surface area contributed by atoms with E-state index in [0.29, 0.717) is 11.7 Å². The summed E-state index contributed by atoms with van der Waals surface area (Å²) in [4.78, 5) is 16.4. The summed E-state index contributed by atoms with van der Waals surface area (Å²) in [5.74, 6) is 1.68. The fraction of sp³-hybridized carbons (Fsp3) is 0.733. The first-order valence-electron chi connectivity index (χ1n) is 7.88. The van der Waals surface area contributed by atoms with Crippen molar-refractivity contribution in [1.82, 2.24) is 14.3 Å². The number of rotatable bonds is 4. The lowest BCUT2D eigenvalue weighted by atomic mass is 9.89. The Labute approximate surface area is 131 Å². The molecule has 2 saturated carbocycles. The van der Waals surface area contributed by atoms with E-state index in [2.05, 4.69) is 9.71 Å². The van der Waals surface area contributed by atoms with E-state index in [0.717, 1.165) is 25.2 Å². The number of amides is 1. The van der Waals surface area contributed by atoms with Crippen LogP contribution in [0, 0.1) is 17.8 Å². The van der Waals surface area contributed by atoms with Crippen LogP contribution in [-0.2, 0) is 21.9 Å². The van der Waals surface area contributed by atoms with Crippen molar-refractivity contribution in [2.45, 2.75) is 50.5 Å². The Balaban J connectivity index is 1.72. The molecule has 2 fully saturated rings. The number of fused-ring (bicyclic) bond motifs is 1. The summed E-state index contributed by atoms with van der Waals surface area (Å²) in [7, 11) is -2.12. The molecule has 1 aromatic heterocycles. The van der Waals surface area contributed by atoms with Crippen molar-refractivity contribution in [3.63, 3.8) is 0 Å². The molecule has 0 spiro atoms. The van der Waals surface area contributed by atoms with Gasteiger partial charge in [0, 0.05) is 25.1 Å². The van der Waals surface area contributed by atoms with Crippen LogP contribution in [0.15, 0.2) is 11.2 Å². The maximum atomic E-state index is 12.4. The van der Waals surface area contributed by atoms with Gasteiger partial charge in [-0.05, 0) is 37.5 Å². The van der Waals surface area contributed by atoms with Gasteiger partial charge < -0.3 is 4.57 Å². The third kappa shape index (κ3) is 2.91. The number of aryl methyl sites for hydroxylation is 1. The second kappa shape index (κ2) is 5.37. The molecule has 1 N–H and O–H groups in total. The molecule has 3 rings (SSSR count). The van der Waals surface area contributed by atoms with Gasteiger partial charge in [-0.1, -0.05) is 13.8 Å². The zero-order chi connectivity index (χ0) is 16.1. The van der Waals surface area contributed by atoms with Crippen LogP contribution in [0.5, 0.6) is 0 Å². The van der Waals surface area contributed by atoms with E-state index in [-0.39, 0.29) is 22.8 Å². The molecule has 0 bridgehead atoms. The lowest BCUT2D eigenvalue weighted by molar-refractivity contribution is -0.124. The molecule has 1 aromatic rings. The molecule has 122 valence electrons. The van der Waals surface area contributed by atoms with E-state index in [9.17, 15) is 13.2 Å². The highest BCUT2D eigenvalue weighted by Gasteiger charge is 2.44. The molecule has 6 nitrogen and oxygen atoms in total. The van der Waals surface area contributed by atoms with Crippen LogP contribution in [-0.4, -0.2) is 23.9 Å². The van der Waals surface area contributed by atoms with Crippen molar-refractivity contribution >= 4 is 15.9 Å². The topological polar surface area (TPSA) is 81.1 Å². The van der Waals surface area contributed by atoms with Crippen molar-refractivity contribution in [2.75, 3.05) is 0 Å². The lowest BCUT2D eigenvalue weighted by Gasteiger charge is -2.19. The molecular weight excluding hydrogens is 302 g/mol. The molecular formula is C15H23N3O3S. The number of nitrogens with one attached hydrogen (secondary N) is 1. The standard InChI is InChI=1S/C15H23N3O3S/c1-9(2)14-16-13(8-18(14)3)22(20,21)17-15(19)11-5-4-10-6-12(10)7-11/h8-12H,4-7H2,1-3H3,(H,17,19). The quantitative estimate of drug-likeness (QED) is 0.915. The lowest BCUT2D eigenvalue weighted by Crippen LogP contribution is -2.37. The molecule has 0 saturated heterocycles. The number of carbonyl (C=O) groups is 1. The fourth-order valence-corrected chi connectivity index (χ4v) is 4.52. The Bertz CT molecular complexity index is 693. The van der Waals surface area contributed by atoms with Gasteiger partial charge in [0.05, 0.1) is 0 Å². The Kier molecular flexibility index (Phi) is 3.79. The van der Waals surface area contributed by atoms with Crippen molar-refractivity contribution in [2.24, 2.45) is 24.8 Å². The number of aromatic nitrogens is 2. The van der Waals surface area contributed by atoms with Crippen LogP contribution in [0.2, 0.25) is 0 Å². The minimum absolute atomic E-state index is 0.0767. The number of imidazole rings is 1. The van der Waals surface area contributed by atoms with Gasteiger partial charge in [-0.2, -0.15) is 8.42 Å². The molecule has 7 heteroatoms. The highest BCUT2D eigenvalue weighted by molar-refractivity contribution is 7.90. The van der Waals surface area contributed by atoms with Gasteiger partial charge in [-0.25, -0.2) is 9.71 Å². The Morgan fingerprint density at radius 2 is 2.05 bits per heavy atom. The molecule has 0 radical (unpaired) electrons. The molecule has 1 heterocycles. The molecule has 3 atom stereocenters. The van der Waals surface area contributed by atoms with Crippen LogP contribution in [0.3, 0.4) is 0 Å². The summed E-state index contributed by atoms with van der Waals surface area (Å²) in [5, 5.41) is -0.0767. The monoisotopic (exact) mass is 325 g/mol. The summed E-state index contributed by atoms with van der Waals surface area (Å²) < 4.78 is 28.6. The highest BCUT2D eigenvalue weighted by atomic mass is 32.2. The first-order chi connectivity index (χ1) is 10.3. The number of carbonyl (C=O) groups excluding carboxylic acids is 1. The summed E-state index contributed by atoms with van der Waals surface area (Å²) in [6, 6.07) is 0. The van der Waals surface area contributed by atoms with Crippen LogP contribution in [0.4, 0.5) is 0 Å². The predicted molar refractivity (Wildman–Crippen MR) is 81.6 cm³/mol. The summed E-state index contributed by atoms with van der Waals surface area (Å²) in [6.45, 7) is 3.90. The van der Waals surface area contributed by atoms with Gasteiger partial charge in [0.15, 0.2) is 5.03 Å². The van der Waals surface area contributed by atoms with Crippen LogP contribution >= 0.6 is 0 Å². The normalized spacial score (nSPS) is 27.5. The van der Waals surface area contributed by atoms with E-state index in [4.69, 9.17) is 0 Å². The molecule has 2 aliphatic carbocycles. The van der Waals surface area contributed by atoms with E-state index in [1.54, 1.807) is 11.6 Å². The highest BCUT2D eigenvalue weighted by Crippen LogP contribution is 2.51. The maximum absolute atomic E-state index is 12.4. The zero-order valence-corrected chi connectivity index (χ0v) is 14.1. The molecule has 1 amide bonds. The van der Waals surface area contributed by atoms with Crippen molar-refractivity contribution in [3.05, 3.63) is 12.0 Å². The fourth-order valence-electron chi connectivity index (χ4n) is 3.48. The van der Waals surface area contributed by atoms with E-state index in [1.165, 1.54) is 12.6 Å². The predicted octanol–water partition coefficient (Wildman–Crippen LogP) is 1.78. The molecule has 0 aromatic carbocycles. The van der Waals surface area contributed by atoms with Crippen molar-refractivity contribution in [3.8, 4) is 0 Å². The minimum Gasteiger partial charge on any atom is -0.336 e. The average molecular weight is 325 g/mol. The third-order valence-corrected chi connectivity index (χ3v) is 6.05. The molecule has 0 aliphatic heterocycles. The maximum Gasteiger partial charge on any atom is 0.283 e. The first kappa shape index (κ1) is 15.5. The van der Waals surface area contributed by atoms with E-state index >= 15 is 0 Å². The number of hydrogen-bond acceptors (Lipinski definition) is 4. The Morgan fingerprint density at radius 1 is 1.32 bits per heavy atom. The number of sulfonamides is 1. The second-order valence-electron chi connectivity index (χ2n) is 6.94. The minimum atomic E-state index is -3.88. The van der Waals surface area contributed by atoms with Gasteiger partial charge >= 0.3 is 0 Å². The van der Waals surface area contributed by atoms with Gasteiger partial charge in [0.25, 0.3) is 10.0 Å². The van der Waals surface area contributed by atoms with Gasteiger partial charge in [-0.15, -0.1) is 0 Å². The van der Waals surface area contributed by atoms with Gasteiger partial charge in [0.2, 0.25) is 5.91 Å². The second-order valence-corrected chi connectivity index (χ2v) is 8.57. The van der Waals surface area contributed by atoms with Crippen LogP contribution < -0.4 is 4.72 Å².